The number of aryl methyl sites for hydroxylation is 2. The second-order valence-electron chi connectivity index (χ2n) is 3.94. The second-order valence-corrected chi connectivity index (χ2v) is 3.94. The van der Waals surface area contributed by atoms with Gasteiger partial charge in [-0.2, -0.15) is 0 Å². The van der Waals surface area contributed by atoms with E-state index in [1.54, 1.807) is 0 Å². The van der Waals surface area contributed by atoms with Crippen molar-refractivity contribution in [2.75, 3.05) is 0 Å². The lowest BCUT2D eigenvalue weighted by atomic mass is 9.96. The minimum atomic E-state index is -0.0423. The molecule has 1 rings (SSSR count). The Labute approximate surface area is 86.3 Å². The molecule has 0 aliphatic carbocycles. The average Bonchev–Trinajstić information content (AvgIpc) is 2.20. The quantitative estimate of drug-likeness (QED) is 0.770. The predicted octanol–water partition coefficient (Wildman–Crippen LogP) is 2.04. The summed E-state index contributed by atoms with van der Waals surface area (Å²) in [6.07, 6.45) is 0.911. The fourth-order valence-electron chi connectivity index (χ4n) is 1.47. The summed E-state index contributed by atoms with van der Waals surface area (Å²) < 4.78 is 0. The molecule has 0 spiro atoms. The van der Waals surface area contributed by atoms with E-state index in [0.29, 0.717) is 0 Å². The topological polar surface area (TPSA) is 52.0 Å². The van der Waals surface area contributed by atoms with E-state index in [0.717, 1.165) is 12.0 Å². The van der Waals surface area contributed by atoms with Crippen LogP contribution in [0.2, 0.25) is 0 Å². The van der Waals surface area contributed by atoms with Crippen LogP contribution >= 0.6 is 0 Å². The average molecular weight is 192 g/mol. The van der Waals surface area contributed by atoms with E-state index in [-0.39, 0.29) is 12.1 Å². The summed E-state index contributed by atoms with van der Waals surface area (Å²) in [4.78, 5) is 0. The zero-order valence-electron chi connectivity index (χ0n) is 9.25. The Bertz CT molecular complexity index is 307. The SMILES string of the molecule is CC[C@H](N)[C@@H](N)c1ccc(C)c(C)c1. The largest absolute Gasteiger partial charge is 0.326 e. The summed E-state index contributed by atoms with van der Waals surface area (Å²) in [6.45, 7) is 6.26. The van der Waals surface area contributed by atoms with Crippen LogP contribution in [0.15, 0.2) is 18.2 Å². The van der Waals surface area contributed by atoms with Crippen molar-refractivity contribution in [3.8, 4) is 0 Å². The Morgan fingerprint density at radius 3 is 2.29 bits per heavy atom. The van der Waals surface area contributed by atoms with Gasteiger partial charge in [0.1, 0.15) is 0 Å². The van der Waals surface area contributed by atoms with Gasteiger partial charge in [0.25, 0.3) is 0 Å². The highest BCUT2D eigenvalue weighted by molar-refractivity contribution is 5.32. The van der Waals surface area contributed by atoms with Gasteiger partial charge in [-0.15, -0.1) is 0 Å². The predicted molar refractivity (Wildman–Crippen MR) is 61.1 cm³/mol. The normalized spacial score (nSPS) is 15.2. The molecule has 2 atom stereocenters. The van der Waals surface area contributed by atoms with Crippen molar-refractivity contribution in [1.29, 1.82) is 0 Å². The Kier molecular flexibility index (Phi) is 3.67. The van der Waals surface area contributed by atoms with E-state index >= 15 is 0 Å². The second kappa shape index (κ2) is 4.58. The van der Waals surface area contributed by atoms with Gasteiger partial charge in [0.2, 0.25) is 0 Å². The van der Waals surface area contributed by atoms with Crippen molar-refractivity contribution in [3.05, 3.63) is 34.9 Å². The van der Waals surface area contributed by atoms with E-state index in [1.807, 2.05) is 0 Å². The Hall–Kier alpha value is -0.860. The summed E-state index contributed by atoms with van der Waals surface area (Å²) in [5.41, 5.74) is 15.7. The van der Waals surface area contributed by atoms with Gasteiger partial charge in [-0.3, -0.25) is 0 Å². The van der Waals surface area contributed by atoms with Crippen LogP contribution in [0.3, 0.4) is 0 Å². The molecule has 0 heterocycles. The summed E-state index contributed by atoms with van der Waals surface area (Å²) in [5.74, 6) is 0. The van der Waals surface area contributed by atoms with Crippen molar-refractivity contribution in [3.63, 3.8) is 0 Å². The molecule has 0 aromatic heterocycles. The highest BCUT2D eigenvalue weighted by Gasteiger charge is 2.13. The van der Waals surface area contributed by atoms with E-state index in [1.165, 1.54) is 11.1 Å². The van der Waals surface area contributed by atoms with Crippen LogP contribution in [-0.2, 0) is 0 Å². The van der Waals surface area contributed by atoms with Gasteiger partial charge in [-0.05, 0) is 37.0 Å². The van der Waals surface area contributed by atoms with Gasteiger partial charge in [0.05, 0.1) is 0 Å². The van der Waals surface area contributed by atoms with Crippen molar-refractivity contribution in [2.45, 2.75) is 39.3 Å². The van der Waals surface area contributed by atoms with Crippen molar-refractivity contribution >= 4 is 0 Å². The molecule has 0 saturated carbocycles. The molecule has 0 amide bonds. The Morgan fingerprint density at radius 1 is 1.14 bits per heavy atom. The summed E-state index contributed by atoms with van der Waals surface area (Å²) in [7, 11) is 0. The van der Waals surface area contributed by atoms with Crippen LogP contribution in [0.1, 0.15) is 36.1 Å². The van der Waals surface area contributed by atoms with Gasteiger partial charge in [0, 0.05) is 12.1 Å². The van der Waals surface area contributed by atoms with Crippen molar-refractivity contribution < 1.29 is 0 Å². The molecule has 1 aromatic carbocycles. The molecule has 0 radical (unpaired) electrons. The molecule has 0 aliphatic heterocycles. The zero-order valence-corrected chi connectivity index (χ0v) is 9.25. The van der Waals surface area contributed by atoms with Gasteiger partial charge in [-0.1, -0.05) is 25.1 Å². The Balaban J connectivity index is 2.91. The molecule has 0 bridgehead atoms. The highest BCUT2D eigenvalue weighted by Crippen LogP contribution is 2.18. The minimum Gasteiger partial charge on any atom is -0.326 e. The maximum atomic E-state index is 6.04. The molecule has 2 nitrogen and oxygen atoms in total. The molecular formula is C12H20N2. The summed E-state index contributed by atoms with van der Waals surface area (Å²) in [5, 5.41) is 0. The first-order chi connectivity index (χ1) is 6.56. The molecule has 1 aromatic rings. The third kappa shape index (κ3) is 2.34. The van der Waals surface area contributed by atoms with E-state index in [9.17, 15) is 0 Å². The monoisotopic (exact) mass is 192 g/mol. The van der Waals surface area contributed by atoms with Gasteiger partial charge < -0.3 is 11.5 Å². The number of rotatable bonds is 3. The van der Waals surface area contributed by atoms with Gasteiger partial charge >= 0.3 is 0 Å². The molecule has 14 heavy (non-hydrogen) atoms. The van der Waals surface area contributed by atoms with Crippen molar-refractivity contribution in [1.82, 2.24) is 0 Å². The molecule has 0 aliphatic rings. The van der Waals surface area contributed by atoms with Crippen LogP contribution in [-0.4, -0.2) is 6.04 Å². The van der Waals surface area contributed by atoms with Crippen molar-refractivity contribution in [2.24, 2.45) is 11.5 Å². The third-order valence-electron chi connectivity index (χ3n) is 2.85. The number of hydrogen-bond acceptors (Lipinski definition) is 2. The maximum Gasteiger partial charge on any atom is 0.0448 e. The molecule has 2 heteroatoms. The molecule has 4 N–H and O–H groups in total. The van der Waals surface area contributed by atoms with Crippen LogP contribution in [0.25, 0.3) is 0 Å². The number of benzene rings is 1. The minimum absolute atomic E-state index is 0.0423. The van der Waals surface area contributed by atoms with E-state index in [4.69, 9.17) is 11.5 Å². The van der Waals surface area contributed by atoms with Crippen LogP contribution in [0.4, 0.5) is 0 Å². The standard InChI is InChI=1S/C12H20N2/c1-4-11(13)12(14)10-6-5-8(2)9(3)7-10/h5-7,11-12H,4,13-14H2,1-3H3/t11-,12-/m0/s1. The molecule has 0 saturated heterocycles. The first-order valence-corrected chi connectivity index (χ1v) is 5.14. The highest BCUT2D eigenvalue weighted by atomic mass is 14.8. The molecule has 0 unspecified atom stereocenters. The van der Waals surface area contributed by atoms with Gasteiger partial charge in [0.15, 0.2) is 0 Å². The summed E-state index contributed by atoms with van der Waals surface area (Å²) >= 11 is 0. The van der Waals surface area contributed by atoms with Crippen LogP contribution in [0.5, 0.6) is 0 Å². The lowest BCUT2D eigenvalue weighted by Crippen LogP contribution is -2.33. The molecule has 78 valence electrons. The van der Waals surface area contributed by atoms with E-state index < -0.39 is 0 Å². The van der Waals surface area contributed by atoms with Gasteiger partial charge in [-0.25, -0.2) is 0 Å². The fourth-order valence-corrected chi connectivity index (χ4v) is 1.47. The third-order valence-corrected chi connectivity index (χ3v) is 2.85. The fraction of sp³-hybridized carbons (Fsp3) is 0.500. The summed E-state index contributed by atoms with van der Waals surface area (Å²) in [6, 6.07) is 6.32. The van der Waals surface area contributed by atoms with E-state index in [2.05, 4.69) is 39.0 Å². The lowest BCUT2D eigenvalue weighted by molar-refractivity contribution is 0.532. The maximum absolute atomic E-state index is 6.04. The molecule has 0 fully saturated rings. The number of nitrogens with two attached hydrogens (primary N) is 2. The van der Waals surface area contributed by atoms with Crippen LogP contribution in [0, 0.1) is 13.8 Å². The first kappa shape index (κ1) is 11.2. The Morgan fingerprint density at radius 2 is 1.79 bits per heavy atom. The first-order valence-electron chi connectivity index (χ1n) is 5.14. The smallest absolute Gasteiger partial charge is 0.0448 e. The zero-order chi connectivity index (χ0) is 10.7. The van der Waals surface area contributed by atoms with Crippen LogP contribution < -0.4 is 11.5 Å². The number of hydrogen-bond donors (Lipinski definition) is 2. The lowest BCUT2D eigenvalue weighted by Gasteiger charge is -2.19. The molecular weight excluding hydrogens is 172 g/mol.